The highest BCUT2D eigenvalue weighted by Crippen LogP contribution is 2.25. The molecule has 1 aromatic heterocycles. The Morgan fingerprint density at radius 3 is 2.59 bits per heavy atom. The van der Waals surface area contributed by atoms with E-state index in [2.05, 4.69) is 19.7 Å². The molecule has 0 bridgehead atoms. The lowest BCUT2D eigenvalue weighted by Crippen LogP contribution is -2.14. The van der Waals surface area contributed by atoms with Crippen LogP contribution in [0.25, 0.3) is 0 Å². The molecule has 0 spiro atoms. The molecule has 22 heavy (non-hydrogen) atoms. The third-order valence-electron chi connectivity index (χ3n) is 2.96. The number of benzene rings is 1. The molecule has 0 aliphatic heterocycles. The molecule has 1 heterocycles. The number of rotatable bonds is 5. The van der Waals surface area contributed by atoms with Crippen molar-refractivity contribution in [1.82, 2.24) is 10.2 Å². The summed E-state index contributed by atoms with van der Waals surface area (Å²) in [5.74, 6) is -0.502. The molecule has 0 saturated carbocycles. The number of ether oxygens (including phenoxy) is 2. The van der Waals surface area contributed by atoms with Crippen molar-refractivity contribution in [2.75, 3.05) is 18.9 Å². The van der Waals surface area contributed by atoms with Crippen molar-refractivity contribution in [1.29, 1.82) is 0 Å². The van der Waals surface area contributed by atoms with Crippen LogP contribution in [0.4, 0.5) is 5.69 Å². The van der Waals surface area contributed by atoms with Gasteiger partial charge >= 0.3 is 5.97 Å². The van der Waals surface area contributed by atoms with Crippen molar-refractivity contribution in [3.8, 4) is 5.75 Å². The molecule has 0 unspecified atom stereocenters. The quantitative estimate of drug-likeness (QED) is 0.802. The summed E-state index contributed by atoms with van der Waals surface area (Å²) in [4.78, 5) is 11.5. The van der Waals surface area contributed by atoms with Gasteiger partial charge in [0.15, 0.2) is 0 Å². The van der Waals surface area contributed by atoms with Crippen LogP contribution in [0.5, 0.6) is 5.75 Å². The minimum Gasteiger partial charge on any atom is -0.496 e. The van der Waals surface area contributed by atoms with Gasteiger partial charge in [0.25, 0.3) is 10.0 Å². The van der Waals surface area contributed by atoms with E-state index in [0.717, 1.165) is 0 Å². The van der Waals surface area contributed by atoms with Gasteiger partial charge in [0.05, 0.1) is 36.7 Å². The fraction of sp³-hybridized carbons (Fsp3) is 0.231. The Balaban J connectivity index is 2.40. The Hall–Kier alpha value is -2.55. The van der Waals surface area contributed by atoms with Crippen LogP contribution in [0.1, 0.15) is 16.1 Å². The number of nitrogens with one attached hydrogen (secondary N) is 2. The minimum absolute atomic E-state index is 0.0439. The molecule has 118 valence electrons. The second kappa shape index (κ2) is 6.06. The first-order valence-corrected chi connectivity index (χ1v) is 7.66. The van der Waals surface area contributed by atoms with Gasteiger partial charge in [0, 0.05) is 6.07 Å². The van der Waals surface area contributed by atoms with Crippen molar-refractivity contribution in [2.24, 2.45) is 0 Å². The lowest BCUT2D eigenvalue weighted by molar-refractivity contribution is 0.0597. The number of aromatic nitrogens is 2. The summed E-state index contributed by atoms with van der Waals surface area (Å²) in [7, 11) is -1.26. The number of methoxy groups -OCH3 is 2. The number of sulfonamides is 1. The molecule has 0 aliphatic rings. The van der Waals surface area contributed by atoms with Crippen LogP contribution in [-0.2, 0) is 14.8 Å². The molecule has 0 radical (unpaired) electrons. The summed E-state index contributed by atoms with van der Waals surface area (Å²) >= 11 is 0. The normalized spacial score (nSPS) is 11.0. The van der Waals surface area contributed by atoms with Gasteiger partial charge in [0.2, 0.25) is 0 Å². The zero-order chi connectivity index (χ0) is 16.3. The van der Waals surface area contributed by atoms with E-state index in [0.29, 0.717) is 11.4 Å². The highest BCUT2D eigenvalue weighted by Gasteiger charge is 2.20. The predicted molar refractivity (Wildman–Crippen MR) is 78.5 cm³/mol. The molecular formula is C13H15N3O5S. The Morgan fingerprint density at radius 1 is 1.32 bits per heavy atom. The van der Waals surface area contributed by atoms with Gasteiger partial charge in [0.1, 0.15) is 11.3 Å². The Morgan fingerprint density at radius 2 is 2.05 bits per heavy atom. The molecule has 9 heteroatoms. The smallest absolute Gasteiger partial charge is 0.341 e. The molecular weight excluding hydrogens is 310 g/mol. The first kappa shape index (κ1) is 15.8. The molecule has 2 aromatic rings. The number of anilines is 1. The lowest BCUT2D eigenvalue weighted by atomic mass is 10.2. The summed E-state index contributed by atoms with van der Waals surface area (Å²) in [6, 6.07) is 3.89. The number of H-pyrrole nitrogens is 1. The van der Waals surface area contributed by atoms with Gasteiger partial charge in [-0.25, -0.2) is 13.2 Å². The van der Waals surface area contributed by atoms with E-state index >= 15 is 0 Å². The van der Waals surface area contributed by atoms with E-state index < -0.39 is 16.0 Å². The number of carbonyl (C=O) groups is 1. The first-order valence-electron chi connectivity index (χ1n) is 6.18. The number of hydrogen-bond donors (Lipinski definition) is 2. The monoisotopic (exact) mass is 325 g/mol. The van der Waals surface area contributed by atoms with Crippen LogP contribution in [-0.4, -0.2) is 38.8 Å². The summed E-state index contributed by atoms with van der Waals surface area (Å²) in [6.45, 7) is 1.69. The molecule has 0 atom stereocenters. The first-order chi connectivity index (χ1) is 10.4. The third-order valence-corrected chi connectivity index (χ3v) is 4.33. The predicted octanol–water partition coefficient (Wildman–Crippen LogP) is 1.31. The Kier molecular flexibility index (Phi) is 4.36. The molecule has 8 nitrogen and oxygen atoms in total. The van der Waals surface area contributed by atoms with Gasteiger partial charge < -0.3 is 9.47 Å². The molecule has 0 fully saturated rings. The lowest BCUT2D eigenvalue weighted by Gasteiger charge is -2.11. The van der Waals surface area contributed by atoms with Crippen LogP contribution >= 0.6 is 0 Å². The zero-order valence-corrected chi connectivity index (χ0v) is 13.0. The SMILES string of the molecule is COC(=O)c1ccc(S(=O)(=O)Nc2cn[nH]c2C)cc1OC. The molecule has 0 saturated heterocycles. The van der Waals surface area contributed by atoms with E-state index in [1.54, 1.807) is 6.92 Å². The number of carbonyl (C=O) groups excluding carboxylic acids is 1. The second-order valence-corrected chi connectivity index (χ2v) is 6.05. The van der Waals surface area contributed by atoms with Crippen LogP contribution in [0, 0.1) is 6.92 Å². The van der Waals surface area contributed by atoms with Crippen molar-refractivity contribution in [2.45, 2.75) is 11.8 Å². The van der Waals surface area contributed by atoms with Gasteiger partial charge in [-0.2, -0.15) is 5.10 Å². The van der Waals surface area contributed by atoms with Crippen molar-refractivity contribution >= 4 is 21.7 Å². The van der Waals surface area contributed by atoms with E-state index in [4.69, 9.17) is 4.74 Å². The van der Waals surface area contributed by atoms with E-state index in [1.807, 2.05) is 0 Å². The van der Waals surface area contributed by atoms with E-state index in [9.17, 15) is 13.2 Å². The Bertz CT molecular complexity index is 798. The van der Waals surface area contributed by atoms with E-state index in [1.165, 1.54) is 38.6 Å². The summed E-state index contributed by atoms with van der Waals surface area (Å²) in [6.07, 6.45) is 1.37. The minimum atomic E-state index is -3.83. The number of hydrogen-bond acceptors (Lipinski definition) is 6. The summed E-state index contributed by atoms with van der Waals surface area (Å²) < 4.78 is 36.8. The maximum atomic E-state index is 12.3. The maximum Gasteiger partial charge on any atom is 0.341 e. The highest BCUT2D eigenvalue weighted by atomic mass is 32.2. The van der Waals surface area contributed by atoms with Gasteiger partial charge in [-0.3, -0.25) is 9.82 Å². The van der Waals surface area contributed by atoms with Crippen molar-refractivity contribution < 1.29 is 22.7 Å². The van der Waals surface area contributed by atoms with Crippen molar-refractivity contribution in [3.05, 3.63) is 35.7 Å². The largest absolute Gasteiger partial charge is 0.496 e. The van der Waals surface area contributed by atoms with Gasteiger partial charge in [-0.15, -0.1) is 0 Å². The number of nitrogens with zero attached hydrogens (tertiary/aromatic N) is 1. The molecule has 2 rings (SSSR count). The maximum absolute atomic E-state index is 12.3. The standard InChI is InChI=1S/C13H15N3O5S/c1-8-11(7-14-15-8)16-22(18,19)9-4-5-10(13(17)21-3)12(6-9)20-2/h4-7,16H,1-3H3,(H,14,15). The zero-order valence-electron chi connectivity index (χ0n) is 12.2. The molecule has 2 N–H and O–H groups in total. The topological polar surface area (TPSA) is 110 Å². The van der Waals surface area contributed by atoms with Gasteiger partial charge in [-0.1, -0.05) is 0 Å². The van der Waals surface area contributed by atoms with Crippen LogP contribution in [0.2, 0.25) is 0 Å². The van der Waals surface area contributed by atoms with Crippen LogP contribution in [0.3, 0.4) is 0 Å². The molecule has 1 aromatic carbocycles. The number of esters is 1. The second-order valence-electron chi connectivity index (χ2n) is 4.37. The molecule has 0 aliphatic carbocycles. The highest BCUT2D eigenvalue weighted by molar-refractivity contribution is 7.92. The average molecular weight is 325 g/mol. The summed E-state index contributed by atoms with van der Waals surface area (Å²) in [5.41, 5.74) is 1.07. The fourth-order valence-electron chi connectivity index (χ4n) is 1.77. The third kappa shape index (κ3) is 3.03. The summed E-state index contributed by atoms with van der Waals surface area (Å²) in [5, 5.41) is 6.38. The van der Waals surface area contributed by atoms with Crippen molar-refractivity contribution in [3.63, 3.8) is 0 Å². The van der Waals surface area contributed by atoms with Crippen LogP contribution < -0.4 is 9.46 Å². The van der Waals surface area contributed by atoms with Gasteiger partial charge in [-0.05, 0) is 19.1 Å². The average Bonchev–Trinajstić information content (AvgIpc) is 2.90. The Labute approximate surface area is 127 Å². The molecule has 0 amide bonds. The fourth-order valence-corrected chi connectivity index (χ4v) is 2.90. The number of aryl methyl sites for hydroxylation is 1. The van der Waals surface area contributed by atoms with Crippen LogP contribution in [0.15, 0.2) is 29.3 Å². The van der Waals surface area contributed by atoms with E-state index in [-0.39, 0.29) is 16.2 Å². The number of aromatic amines is 1.